The molecule has 0 bridgehead atoms. The van der Waals surface area contributed by atoms with E-state index in [1.54, 1.807) is 42.5 Å². The number of nitrogens with one attached hydrogen (secondary N) is 1. The van der Waals surface area contributed by atoms with Crippen molar-refractivity contribution in [3.05, 3.63) is 81.3 Å². The quantitative estimate of drug-likeness (QED) is 0.317. The van der Waals surface area contributed by atoms with Gasteiger partial charge in [0.05, 0.1) is 21.7 Å². The Labute approximate surface area is 233 Å². The monoisotopic (exact) mass is 511 g/mol. The van der Waals surface area contributed by atoms with Crippen LogP contribution >= 0.6 is 23.2 Å². The largest absolute Gasteiger partial charge is 1.00 e. The van der Waals surface area contributed by atoms with Gasteiger partial charge in [-0.3, -0.25) is 0 Å². The fraction of sp³-hybridized carbons (Fsp3) is 0.269. The number of rotatable bonds is 8. The molecule has 0 amide bonds. The second-order valence-electron chi connectivity index (χ2n) is 7.63. The number of phenolic OH excluding ortho intramolecular Hbond substituents is 2. The second kappa shape index (κ2) is 15.2. The molecule has 5 nitrogen and oxygen atoms in total. The number of aromatic carboxylic acids is 1. The molecule has 3 aromatic carbocycles. The molecule has 3 aromatic rings. The molecular formula is C26H28Cl2NNaO4. The van der Waals surface area contributed by atoms with E-state index in [4.69, 9.17) is 28.3 Å². The van der Waals surface area contributed by atoms with Crippen molar-refractivity contribution in [1.82, 2.24) is 0 Å². The average Bonchev–Trinajstić information content (AvgIpc) is 2.79. The predicted octanol–water partition coefficient (Wildman–Crippen LogP) is 3.63. The van der Waals surface area contributed by atoms with Crippen molar-refractivity contribution >= 4 is 40.5 Å². The number of phenols is 2. The zero-order chi connectivity index (χ0) is 24.4. The van der Waals surface area contributed by atoms with Gasteiger partial charge in [-0.05, 0) is 49.1 Å². The SMILES string of the molecule is CCCCCCc1ccc(O)cc1O.Cc1ccc(Cl)c(Nc2ccccc2C(=O)[O-])c1Cl.[Na+]. The number of unbranched alkanes of at least 4 members (excludes halogenated alkanes) is 3. The molecule has 0 unspecified atom stereocenters. The summed E-state index contributed by atoms with van der Waals surface area (Å²) in [6.45, 7) is 4.02. The van der Waals surface area contributed by atoms with Gasteiger partial charge in [0.2, 0.25) is 0 Å². The minimum atomic E-state index is -1.26. The van der Waals surface area contributed by atoms with Gasteiger partial charge in [0.1, 0.15) is 11.5 Å². The summed E-state index contributed by atoms with van der Waals surface area (Å²) in [5, 5.41) is 33.4. The fourth-order valence-corrected chi connectivity index (χ4v) is 3.65. The van der Waals surface area contributed by atoms with E-state index in [1.807, 2.05) is 6.92 Å². The Balaban J connectivity index is 0.000000346. The first-order chi connectivity index (χ1) is 15.7. The number of anilines is 2. The fourth-order valence-electron chi connectivity index (χ4n) is 3.18. The van der Waals surface area contributed by atoms with Crippen LogP contribution in [0.3, 0.4) is 0 Å². The molecule has 34 heavy (non-hydrogen) atoms. The summed E-state index contributed by atoms with van der Waals surface area (Å²) in [6, 6.07) is 14.7. The molecule has 0 aliphatic carbocycles. The molecule has 0 heterocycles. The Morgan fingerprint density at radius 2 is 1.71 bits per heavy atom. The molecule has 0 aromatic heterocycles. The molecule has 0 spiro atoms. The molecule has 0 atom stereocenters. The first-order valence-corrected chi connectivity index (χ1v) is 11.5. The topological polar surface area (TPSA) is 92.6 Å². The van der Waals surface area contributed by atoms with E-state index in [2.05, 4.69) is 12.2 Å². The van der Waals surface area contributed by atoms with Crippen molar-refractivity contribution in [3.8, 4) is 11.5 Å². The van der Waals surface area contributed by atoms with Crippen molar-refractivity contribution in [1.29, 1.82) is 0 Å². The summed E-state index contributed by atoms with van der Waals surface area (Å²) in [6.07, 6.45) is 5.68. The number of carboxylic acid groups (broad SMARTS) is 1. The average molecular weight is 512 g/mol. The predicted molar refractivity (Wildman–Crippen MR) is 133 cm³/mol. The van der Waals surface area contributed by atoms with E-state index in [9.17, 15) is 15.0 Å². The summed E-state index contributed by atoms with van der Waals surface area (Å²) >= 11 is 12.2. The van der Waals surface area contributed by atoms with Crippen molar-refractivity contribution in [2.24, 2.45) is 0 Å². The molecule has 8 heteroatoms. The van der Waals surface area contributed by atoms with Crippen LogP contribution < -0.4 is 40.0 Å². The van der Waals surface area contributed by atoms with E-state index in [0.717, 1.165) is 24.0 Å². The number of carbonyl (C=O) groups excluding carboxylic acids is 1. The first kappa shape index (κ1) is 30.1. The van der Waals surface area contributed by atoms with Gasteiger partial charge in [0.15, 0.2) is 0 Å². The van der Waals surface area contributed by atoms with Crippen LogP contribution in [0.2, 0.25) is 10.0 Å². The Bertz CT molecular complexity index is 1090. The number of aromatic hydroxyl groups is 2. The zero-order valence-electron chi connectivity index (χ0n) is 19.7. The summed E-state index contributed by atoms with van der Waals surface area (Å²) in [4.78, 5) is 11.0. The maximum absolute atomic E-state index is 11.0. The number of aryl methyl sites for hydroxylation is 2. The molecular weight excluding hydrogens is 484 g/mol. The third kappa shape index (κ3) is 9.05. The Morgan fingerprint density at radius 3 is 2.35 bits per heavy atom. The third-order valence-electron chi connectivity index (χ3n) is 5.06. The number of carbonyl (C=O) groups is 1. The van der Waals surface area contributed by atoms with Gasteiger partial charge in [-0.1, -0.05) is 79.7 Å². The van der Waals surface area contributed by atoms with Crippen LogP contribution in [0.4, 0.5) is 11.4 Å². The number of carboxylic acids is 1. The molecule has 0 saturated heterocycles. The zero-order valence-corrected chi connectivity index (χ0v) is 23.2. The molecule has 0 fully saturated rings. The summed E-state index contributed by atoms with van der Waals surface area (Å²) in [7, 11) is 0. The van der Waals surface area contributed by atoms with Gasteiger partial charge >= 0.3 is 29.6 Å². The summed E-state index contributed by atoms with van der Waals surface area (Å²) in [5.41, 5.74) is 2.70. The smallest absolute Gasteiger partial charge is 0.545 e. The van der Waals surface area contributed by atoms with Crippen molar-refractivity contribution in [2.45, 2.75) is 46.0 Å². The Hall–Kier alpha value is -1.89. The molecule has 0 aliphatic heterocycles. The molecule has 0 aliphatic rings. The van der Waals surface area contributed by atoms with Crippen LogP contribution in [0.15, 0.2) is 54.6 Å². The molecule has 0 saturated carbocycles. The maximum Gasteiger partial charge on any atom is 1.00 e. The van der Waals surface area contributed by atoms with Crippen molar-refractivity contribution in [2.75, 3.05) is 5.32 Å². The Kier molecular flexibility index (Phi) is 13.5. The standard InChI is InChI=1S/C14H11Cl2NO2.C12H18O2.Na/c1-8-6-7-10(15)13(12(8)16)17-11-5-3-2-4-9(11)14(18)19;1-2-3-4-5-6-10-7-8-11(13)9-12(10)14;/h2-7,17H,1H3,(H,18,19);7-9,13-14H,2-6H2,1H3;/q;;+1/p-1. The molecule has 0 radical (unpaired) electrons. The van der Waals surface area contributed by atoms with E-state index in [0.29, 0.717) is 21.4 Å². The van der Waals surface area contributed by atoms with E-state index >= 15 is 0 Å². The minimum absolute atomic E-state index is 0. The van der Waals surface area contributed by atoms with Gasteiger partial charge in [0.25, 0.3) is 0 Å². The van der Waals surface area contributed by atoms with E-state index in [-0.39, 0.29) is 46.6 Å². The van der Waals surface area contributed by atoms with Crippen LogP contribution in [0.25, 0.3) is 0 Å². The number of halogens is 2. The molecule has 3 rings (SSSR count). The number of benzene rings is 3. The Morgan fingerprint density at radius 1 is 1.00 bits per heavy atom. The van der Waals surface area contributed by atoms with Crippen LogP contribution in [-0.4, -0.2) is 16.2 Å². The molecule has 176 valence electrons. The molecule has 3 N–H and O–H groups in total. The van der Waals surface area contributed by atoms with Gasteiger partial charge in [0, 0.05) is 17.3 Å². The summed E-state index contributed by atoms with van der Waals surface area (Å²) in [5.74, 6) is -0.927. The number of hydrogen-bond acceptors (Lipinski definition) is 5. The second-order valence-corrected chi connectivity index (χ2v) is 8.42. The normalized spacial score (nSPS) is 10.0. The van der Waals surface area contributed by atoms with Crippen LogP contribution in [0, 0.1) is 6.92 Å². The van der Waals surface area contributed by atoms with Crippen molar-refractivity contribution in [3.63, 3.8) is 0 Å². The van der Waals surface area contributed by atoms with Gasteiger partial charge < -0.3 is 25.4 Å². The van der Waals surface area contributed by atoms with Gasteiger partial charge in [-0.25, -0.2) is 0 Å². The number of hydrogen-bond donors (Lipinski definition) is 3. The van der Waals surface area contributed by atoms with E-state index in [1.165, 1.54) is 31.4 Å². The first-order valence-electron chi connectivity index (χ1n) is 10.8. The van der Waals surface area contributed by atoms with Crippen LogP contribution in [0.5, 0.6) is 11.5 Å². The van der Waals surface area contributed by atoms with Gasteiger partial charge in [-0.15, -0.1) is 0 Å². The summed E-state index contributed by atoms with van der Waals surface area (Å²) < 4.78 is 0. The minimum Gasteiger partial charge on any atom is -0.545 e. The van der Waals surface area contributed by atoms with E-state index < -0.39 is 5.97 Å². The van der Waals surface area contributed by atoms with Gasteiger partial charge in [-0.2, -0.15) is 0 Å². The van der Waals surface area contributed by atoms with Crippen LogP contribution in [-0.2, 0) is 6.42 Å². The van der Waals surface area contributed by atoms with Crippen molar-refractivity contribution < 1.29 is 49.7 Å². The number of para-hydroxylation sites is 1. The maximum atomic E-state index is 11.0. The third-order valence-corrected chi connectivity index (χ3v) is 5.86. The van der Waals surface area contributed by atoms with Crippen LogP contribution in [0.1, 0.15) is 54.1 Å².